The Bertz CT molecular complexity index is 1310. The van der Waals surface area contributed by atoms with Crippen LogP contribution in [0.4, 0.5) is 0 Å². The van der Waals surface area contributed by atoms with E-state index >= 15 is 0 Å². The van der Waals surface area contributed by atoms with Crippen LogP contribution in [0.5, 0.6) is 0 Å². The first-order valence-corrected chi connectivity index (χ1v) is 13.8. The Kier molecular flexibility index (Phi) is 5.00. The third-order valence-corrected chi connectivity index (χ3v) is 10.1. The Balaban J connectivity index is 1.29. The lowest BCUT2D eigenvalue weighted by Gasteiger charge is -2.43. The molecule has 1 aliphatic heterocycles. The molecule has 2 aromatic carbocycles. The number of sulfone groups is 1. The van der Waals surface area contributed by atoms with Crippen molar-refractivity contribution in [1.82, 2.24) is 9.88 Å². The summed E-state index contributed by atoms with van der Waals surface area (Å²) in [6.45, 7) is 3.97. The van der Waals surface area contributed by atoms with Crippen molar-refractivity contribution in [2.24, 2.45) is 0 Å². The highest BCUT2D eigenvalue weighted by molar-refractivity contribution is 7.91. The number of fused-ring (bicyclic) bond motifs is 8. The maximum absolute atomic E-state index is 12.6. The minimum Gasteiger partial charge on any atom is -0.385 e. The Labute approximate surface area is 201 Å². The first-order valence-electron chi connectivity index (χ1n) is 12.2. The second-order valence-corrected chi connectivity index (χ2v) is 12.3. The van der Waals surface area contributed by atoms with Gasteiger partial charge in [0.05, 0.1) is 11.4 Å². The fourth-order valence-electron chi connectivity index (χ4n) is 6.67. The van der Waals surface area contributed by atoms with E-state index in [1.54, 1.807) is 19.1 Å². The zero-order valence-electron chi connectivity index (χ0n) is 19.4. The van der Waals surface area contributed by atoms with Crippen LogP contribution in [0.25, 0.3) is 0 Å². The van der Waals surface area contributed by atoms with E-state index in [-0.39, 0.29) is 16.2 Å². The first-order chi connectivity index (χ1) is 16.4. The van der Waals surface area contributed by atoms with Gasteiger partial charge in [0.15, 0.2) is 14.9 Å². The van der Waals surface area contributed by atoms with Gasteiger partial charge in [-0.2, -0.15) is 0 Å². The van der Waals surface area contributed by atoms with Crippen LogP contribution in [0.1, 0.15) is 59.9 Å². The molecular formula is C28H30N2O3S. The predicted molar refractivity (Wildman–Crippen MR) is 132 cm³/mol. The van der Waals surface area contributed by atoms with Gasteiger partial charge in [0.1, 0.15) is 0 Å². The molecule has 0 amide bonds. The molecule has 0 spiro atoms. The van der Waals surface area contributed by atoms with Gasteiger partial charge in [-0.15, -0.1) is 0 Å². The van der Waals surface area contributed by atoms with Crippen LogP contribution in [0.15, 0.2) is 71.9 Å². The molecule has 6 rings (SSSR count). The number of nitrogens with zero attached hydrogens (tertiary/aromatic N) is 2. The number of aliphatic hydroxyl groups is 1. The van der Waals surface area contributed by atoms with Gasteiger partial charge in [-0.25, -0.2) is 13.4 Å². The zero-order valence-corrected chi connectivity index (χ0v) is 20.3. The molecule has 1 saturated heterocycles. The van der Waals surface area contributed by atoms with E-state index in [0.717, 1.165) is 13.0 Å². The predicted octanol–water partition coefficient (Wildman–Crippen LogP) is 3.99. The van der Waals surface area contributed by atoms with E-state index in [1.165, 1.54) is 28.5 Å². The summed E-state index contributed by atoms with van der Waals surface area (Å²) in [7, 11) is -3.51. The molecule has 2 aliphatic carbocycles. The van der Waals surface area contributed by atoms with Crippen molar-refractivity contribution in [2.45, 2.75) is 48.1 Å². The summed E-state index contributed by atoms with van der Waals surface area (Å²) < 4.78 is 25.3. The van der Waals surface area contributed by atoms with Crippen LogP contribution in [0.3, 0.4) is 0 Å². The molecule has 3 aliphatic rings. The Morgan fingerprint density at radius 3 is 2.15 bits per heavy atom. The summed E-state index contributed by atoms with van der Waals surface area (Å²) in [5.74, 6) is 0.438. The lowest BCUT2D eigenvalue weighted by molar-refractivity contribution is -0.0315. The molecule has 6 heteroatoms. The molecular weight excluding hydrogens is 444 g/mol. The average Bonchev–Trinajstić information content (AvgIpc) is 3.38. The first kappa shape index (κ1) is 22.0. The van der Waals surface area contributed by atoms with Crippen molar-refractivity contribution in [1.29, 1.82) is 0 Å². The Hall–Kier alpha value is -2.54. The van der Waals surface area contributed by atoms with Crippen LogP contribution < -0.4 is 0 Å². The minimum absolute atomic E-state index is 0.0156. The molecule has 1 N–H and O–H groups in total. The monoisotopic (exact) mass is 474 g/mol. The summed E-state index contributed by atoms with van der Waals surface area (Å²) in [6, 6.07) is 21.2. The molecule has 0 unspecified atom stereocenters. The standard InChI is InChI=1S/C28H30N2O3S/c1-2-34(32,33)26-25(12-7-15-29-26)28(31)13-16-30(17-14-28)19-27-18-22(20-8-3-5-10-23(20)27)21-9-4-6-11-24(21)27/h3-12,15,22,31H,2,13-14,16-19H2,1H3. The van der Waals surface area contributed by atoms with Crippen LogP contribution in [-0.2, 0) is 20.9 Å². The number of likely N-dealkylation sites (tertiary alicyclic amines) is 1. The molecule has 3 aromatic rings. The van der Waals surface area contributed by atoms with Gasteiger partial charge in [0.25, 0.3) is 0 Å². The topological polar surface area (TPSA) is 70.5 Å². The molecule has 0 saturated carbocycles. The summed E-state index contributed by atoms with van der Waals surface area (Å²) in [5.41, 5.74) is 5.07. The third kappa shape index (κ3) is 3.12. The maximum Gasteiger partial charge on any atom is 0.195 e. The van der Waals surface area contributed by atoms with Crippen molar-refractivity contribution in [3.8, 4) is 0 Å². The molecule has 2 heterocycles. The highest BCUT2D eigenvalue weighted by atomic mass is 32.2. The van der Waals surface area contributed by atoms with Crippen LogP contribution >= 0.6 is 0 Å². The number of hydrogen-bond donors (Lipinski definition) is 1. The van der Waals surface area contributed by atoms with E-state index in [2.05, 4.69) is 58.4 Å². The molecule has 1 fully saturated rings. The fourth-order valence-corrected chi connectivity index (χ4v) is 7.76. The summed E-state index contributed by atoms with van der Waals surface area (Å²) in [5, 5.41) is 11.6. The van der Waals surface area contributed by atoms with Crippen LogP contribution in [0, 0.1) is 0 Å². The van der Waals surface area contributed by atoms with Gasteiger partial charge in [-0.1, -0.05) is 61.5 Å². The normalized spacial score (nSPS) is 25.2. The summed E-state index contributed by atoms with van der Waals surface area (Å²) in [6.07, 6.45) is 3.59. The Morgan fingerprint density at radius 2 is 1.53 bits per heavy atom. The zero-order chi connectivity index (χ0) is 23.6. The smallest absolute Gasteiger partial charge is 0.195 e. The molecule has 5 nitrogen and oxygen atoms in total. The van der Waals surface area contributed by atoms with Crippen LogP contribution in [0.2, 0.25) is 0 Å². The van der Waals surface area contributed by atoms with Crippen molar-refractivity contribution < 1.29 is 13.5 Å². The van der Waals surface area contributed by atoms with Gasteiger partial charge in [0.2, 0.25) is 0 Å². The van der Waals surface area contributed by atoms with Crippen molar-refractivity contribution in [3.05, 3.63) is 94.7 Å². The van der Waals surface area contributed by atoms with Crippen molar-refractivity contribution in [3.63, 3.8) is 0 Å². The number of rotatable bonds is 5. The molecule has 0 radical (unpaired) electrons. The van der Waals surface area contributed by atoms with Crippen molar-refractivity contribution in [2.75, 3.05) is 25.4 Å². The van der Waals surface area contributed by atoms with E-state index in [9.17, 15) is 13.5 Å². The number of pyridine rings is 1. The van der Waals surface area contributed by atoms with Gasteiger partial charge < -0.3 is 10.0 Å². The molecule has 2 bridgehead atoms. The van der Waals surface area contributed by atoms with Crippen molar-refractivity contribution >= 4 is 9.84 Å². The highest BCUT2D eigenvalue weighted by Gasteiger charge is 2.53. The van der Waals surface area contributed by atoms with E-state index < -0.39 is 15.4 Å². The summed E-state index contributed by atoms with van der Waals surface area (Å²) in [4.78, 5) is 6.62. The molecule has 176 valence electrons. The Morgan fingerprint density at radius 1 is 0.941 bits per heavy atom. The number of benzene rings is 2. The average molecular weight is 475 g/mol. The molecule has 34 heavy (non-hydrogen) atoms. The van der Waals surface area contributed by atoms with E-state index in [0.29, 0.717) is 37.4 Å². The maximum atomic E-state index is 12.6. The van der Waals surface area contributed by atoms with Gasteiger partial charge in [0, 0.05) is 42.7 Å². The third-order valence-electron chi connectivity index (χ3n) is 8.38. The number of aromatic nitrogens is 1. The number of hydrogen-bond acceptors (Lipinski definition) is 5. The second-order valence-electron chi connectivity index (χ2n) is 10.1. The SMILES string of the molecule is CCS(=O)(=O)c1ncccc1C1(O)CCN(CC23CC(c4ccccc42)c2ccccc23)CC1. The highest BCUT2D eigenvalue weighted by Crippen LogP contribution is 2.60. The van der Waals surface area contributed by atoms with Gasteiger partial charge in [-0.3, -0.25) is 0 Å². The van der Waals surface area contributed by atoms with E-state index in [1.807, 2.05) is 0 Å². The lowest BCUT2D eigenvalue weighted by Crippen LogP contribution is -2.48. The largest absolute Gasteiger partial charge is 0.385 e. The fraction of sp³-hybridized carbons (Fsp3) is 0.393. The van der Waals surface area contributed by atoms with Gasteiger partial charge in [-0.05, 0) is 47.6 Å². The van der Waals surface area contributed by atoms with Gasteiger partial charge >= 0.3 is 0 Å². The summed E-state index contributed by atoms with van der Waals surface area (Å²) >= 11 is 0. The van der Waals surface area contributed by atoms with Crippen LogP contribution in [-0.4, -0.2) is 48.8 Å². The van der Waals surface area contributed by atoms with E-state index in [4.69, 9.17) is 0 Å². The molecule has 0 atom stereocenters. The molecule has 1 aromatic heterocycles. The minimum atomic E-state index is -3.51. The number of piperidine rings is 1. The lowest BCUT2D eigenvalue weighted by atomic mass is 9.74. The second kappa shape index (κ2) is 7.74. The quantitative estimate of drug-likeness (QED) is 0.605.